The van der Waals surface area contributed by atoms with Crippen LogP contribution in [-0.4, -0.2) is 27.4 Å². The molecule has 96 valence electrons. The van der Waals surface area contributed by atoms with Crippen LogP contribution in [0.3, 0.4) is 0 Å². The number of para-hydroxylation sites is 1. The topological polar surface area (TPSA) is 39.7 Å². The molecule has 1 aromatic carbocycles. The molecule has 0 aliphatic rings. The van der Waals surface area contributed by atoms with Gasteiger partial charge >= 0.3 is 0 Å². The first kappa shape index (κ1) is 14.0. The van der Waals surface area contributed by atoms with Crippen LogP contribution in [-0.2, 0) is 9.57 Å². The van der Waals surface area contributed by atoms with Gasteiger partial charge in [-0.2, -0.15) is 5.48 Å². The smallest absolute Gasteiger partial charge is 0.123 e. The summed E-state index contributed by atoms with van der Waals surface area (Å²) in [5.41, 5.74) is 4.14. The number of hydroxylamine groups is 1. The number of benzene rings is 1. The Morgan fingerprint density at radius 1 is 1.18 bits per heavy atom. The van der Waals surface area contributed by atoms with Crippen molar-refractivity contribution in [1.29, 1.82) is 0 Å². The van der Waals surface area contributed by atoms with Crippen LogP contribution in [0.25, 0.3) is 0 Å². The molecule has 1 N–H and O–H groups in total. The normalized spacial score (nSPS) is 12.4. The largest absolute Gasteiger partial charge is 0.496 e. The summed E-state index contributed by atoms with van der Waals surface area (Å²) in [6, 6.07) is 8.08. The fourth-order valence-electron chi connectivity index (χ4n) is 1.61. The molecule has 0 heterocycles. The minimum absolute atomic E-state index is 0.128. The molecule has 1 unspecified atom stereocenters. The zero-order valence-electron chi connectivity index (χ0n) is 10.7. The first-order valence-electron chi connectivity index (χ1n) is 5.82. The summed E-state index contributed by atoms with van der Waals surface area (Å²) in [5.74, 6) is 0.877. The van der Waals surface area contributed by atoms with Crippen molar-refractivity contribution in [3.63, 3.8) is 0 Å². The van der Waals surface area contributed by atoms with E-state index in [1.807, 2.05) is 24.3 Å². The lowest BCUT2D eigenvalue weighted by Crippen LogP contribution is -2.23. The summed E-state index contributed by atoms with van der Waals surface area (Å²) in [7, 11) is 3.33. The Kier molecular flexibility index (Phi) is 6.62. The van der Waals surface area contributed by atoms with Gasteiger partial charge in [-0.25, -0.2) is 0 Å². The molecule has 17 heavy (non-hydrogen) atoms. The van der Waals surface area contributed by atoms with Crippen LogP contribution in [0.15, 0.2) is 24.3 Å². The molecule has 1 aromatic rings. The van der Waals surface area contributed by atoms with Crippen LogP contribution in [0.2, 0.25) is 0 Å². The van der Waals surface area contributed by atoms with E-state index in [1.54, 1.807) is 14.2 Å². The highest BCUT2D eigenvalue weighted by molar-refractivity contribution is 5.35. The zero-order chi connectivity index (χ0) is 12.5. The summed E-state index contributed by atoms with van der Waals surface area (Å²) >= 11 is 0. The Bertz CT molecular complexity index is 317. The Labute approximate surface area is 103 Å². The molecule has 0 aliphatic heterocycles. The van der Waals surface area contributed by atoms with E-state index in [0.29, 0.717) is 13.2 Å². The van der Waals surface area contributed by atoms with Crippen LogP contribution in [0.4, 0.5) is 0 Å². The lowest BCUT2D eigenvalue weighted by molar-refractivity contribution is -0.0134. The van der Waals surface area contributed by atoms with Crippen molar-refractivity contribution < 1.29 is 14.3 Å². The predicted molar refractivity (Wildman–Crippen MR) is 67.0 cm³/mol. The Hall–Kier alpha value is -1.10. The number of hydrogen-bond donors (Lipinski definition) is 1. The van der Waals surface area contributed by atoms with Crippen molar-refractivity contribution in [2.45, 2.75) is 19.4 Å². The molecule has 1 rings (SSSR count). The van der Waals surface area contributed by atoms with E-state index in [2.05, 4.69) is 12.4 Å². The number of rotatable bonds is 8. The van der Waals surface area contributed by atoms with Gasteiger partial charge in [-0.3, -0.25) is 4.84 Å². The maximum atomic E-state index is 5.35. The highest BCUT2D eigenvalue weighted by atomic mass is 16.7. The fourth-order valence-corrected chi connectivity index (χ4v) is 1.61. The molecule has 0 spiro atoms. The van der Waals surface area contributed by atoms with Crippen molar-refractivity contribution >= 4 is 0 Å². The molecular weight excluding hydrogens is 218 g/mol. The number of hydrogen-bond acceptors (Lipinski definition) is 4. The lowest BCUT2D eigenvalue weighted by atomic mass is 10.0. The monoisotopic (exact) mass is 239 g/mol. The van der Waals surface area contributed by atoms with Gasteiger partial charge in [0.2, 0.25) is 0 Å². The quantitative estimate of drug-likeness (QED) is 0.558. The minimum atomic E-state index is 0.128. The van der Waals surface area contributed by atoms with Gasteiger partial charge in [-0.05, 0) is 12.5 Å². The second-order valence-corrected chi connectivity index (χ2v) is 3.66. The van der Waals surface area contributed by atoms with E-state index >= 15 is 0 Å². The third-order valence-corrected chi connectivity index (χ3v) is 2.54. The lowest BCUT2D eigenvalue weighted by Gasteiger charge is -2.19. The molecule has 0 aromatic heterocycles. The summed E-state index contributed by atoms with van der Waals surface area (Å²) in [6.45, 7) is 3.21. The second-order valence-electron chi connectivity index (χ2n) is 3.66. The van der Waals surface area contributed by atoms with Crippen molar-refractivity contribution in [1.82, 2.24) is 5.48 Å². The number of ether oxygens (including phenoxy) is 2. The van der Waals surface area contributed by atoms with E-state index in [9.17, 15) is 0 Å². The third kappa shape index (κ3) is 4.34. The van der Waals surface area contributed by atoms with Crippen molar-refractivity contribution in [2.75, 3.05) is 27.4 Å². The number of nitrogens with one attached hydrogen (secondary N) is 1. The van der Waals surface area contributed by atoms with Crippen LogP contribution >= 0.6 is 0 Å². The maximum Gasteiger partial charge on any atom is 0.123 e. The van der Waals surface area contributed by atoms with E-state index in [1.165, 1.54) is 0 Å². The van der Waals surface area contributed by atoms with Gasteiger partial charge in [0.15, 0.2) is 0 Å². The molecule has 0 fully saturated rings. The van der Waals surface area contributed by atoms with Crippen LogP contribution < -0.4 is 10.2 Å². The first-order valence-corrected chi connectivity index (χ1v) is 5.82. The average molecular weight is 239 g/mol. The molecule has 0 bridgehead atoms. The predicted octanol–water partition coefficient (Wildman–Crippen LogP) is 2.31. The zero-order valence-corrected chi connectivity index (χ0v) is 10.7. The molecule has 0 saturated carbocycles. The van der Waals surface area contributed by atoms with Crippen molar-refractivity contribution in [3.8, 4) is 5.75 Å². The van der Waals surface area contributed by atoms with E-state index in [-0.39, 0.29) is 6.04 Å². The molecule has 0 amide bonds. The molecular formula is C13H21NO3. The highest BCUT2D eigenvalue weighted by Gasteiger charge is 2.13. The molecule has 0 saturated heterocycles. The third-order valence-electron chi connectivity index (χ3n) is 2.54. The Morgan fingerprint density at radius 3 is 2.59 bits per heavy atom. The Morgan fingerprint density at radius 2 is 1.94 bits per heavy atom. The van der Waals surface area contributed by atoms with Crippen LogP contribution in [0, 0.1) is 0 Å². The van der Waals surface area contributed by atoms with Crippen molar-refractivity contribution in [3.05, 3.63) is 29.8 Å². The Balaban J connectivity index is 2.59. The summed E-state index contributed by atoms with van der Waals surface area (Å²) < 4.78 is 10.3. The molecule has 4 heteroatoms. The van der Waals surface area contributed by atoms with E-state index < -0.39 is 0 Å². The van der Waals surface area contributed by atoms with E-state index in [0.717, 1.165) is 17.7 Å². The van der Waals surface area contributed by atoms with Gasteiger partial charge in [-0.15, -0.1) is 0 Å². The second kappa shape index (κ2) is 8.06. The van der Waals surface area contributed by atoms with Gasteiger partial charge in [-0.1, -0.05) is 25.1 Å². The summed E-state index contributed by atoms with van der Waals surface area (Å²) in [5, 5.41) is 0. The number of methoxy groups -OCH3 is 2. The van der Waals surface area contributed by atoms with Crippen LogP contribution in [0.1, 0.15) is 24.9 Å². The first-order chi connectivity index (χ1) is 8.33. The SMILES string of the molecule is CCC(NOCCOC)c1ccccc1OC. The summed E-state index contributed by atoms with van der Waals surface area (Å²) in [4.78, 5) is 5.35. The highest BCUT2D eigenvalue weighted by Crippen LogP contribution is 2.26. The average Bonchev–Trinajstić information content (AvgIpc) is 2.39. The van der Waals surface area contributed by atoms with E-state index in [4.69, 9.17) is 14.3 Å². The molecule has 0 aliphatic carbocycles. The molecule has 1 atom stereocenters. The van der Waals surface area contributed by atoms with Crippen molar-refractivity contribution in [2.24, 2.45) is 0 Å². The maximum absolute atomic E-state index is 5.35. The van der Waals surface area contributed by atoms with Gasteiger partial charge in [0.25, 0.3) is 0 Å². The molecule has 0 radical (unpaired) electrons. The summed E-state index contributed by atoms with van der Waals surface area (Å²) in [6.07, 6.45) is 0.924. The minimum Gasteiger partial charge on any atom is -0.496 e. The van der Waals surface area contributed by atoms with Gasteiger partial charge in [0, 0.05) is 12.7 Å². The standard InChI is InChI=1S/C13H21NO3/c1-4-12(14-17-10-9-15-2)11-7-5-6-8-13(11)16-3/h5-8,12,14H,4,9-10H2,1-3H3. The van der Waals surface area contributed by atoms with Gasteiger partial charge in [0.1, 0.15) is 5.75 Å². The van der Waals surface area contributed by atoms with Gasteiger partial charge in [0.05, 0.1) is 26.4 Å². The molecule has 4 nitrogen and oxygen atoms in total. The fraction of sp³-hybridized carbons (Fsp3) is 0.538. The van der Waals surface area contributed by atoms with Crippen LogP contribution in [0.5, 0.6) is 5.75 Å². The van der Waals surface area contributed by atoms with Gasteiger partial charge < -0.3 is 9.47 Å².